The number of hydrogen-bond donors (Lipinski definition) is 1. The number of benzene rings is 1. The summed E-state index contributed by atoms with van der Waals surface area (Å²) in [6, 6.07) is 5.64. The molecule has 0 unspecified atom stereocenters. The fourth-order valence-electron chi connectivity index (χ4n) is 4.17. The molecular weight excluding hydrogens is 331 g/mol. The van der Waals surface area contributed by atoms with Gasteiger partial charge in [0.2, 0.25) is 5.91 Å². The number of piperidine rings is 1. The van der Waals surface area contributed by atoms with Gasteiger partial charge < -0.3 is 10.2 Å². The minimum atomic E-state index is -0.343. The maximum Gasteiger partial charge on any atom is 0.253 e. The third-order valence-corrected chi connectivity index (χ3v) is 5.81. The van der Waals surface area contributed by atoms with Crippen LogP contribution in [0.25, 0.3) is 0 Å². The van der Waals surface area contributed by atoms with Crippen molar-refractivity contribution in [3.05, 3.63) is 35.6 Å². The van der Waals surface area contributed by atoms with E-state index in [-0.39, 0.29) is 23.5 Å². The van der Waals surface area contributed by atoms with Gasteiger partial charge in [-0.05, 0) is 55.9 Å². The maximum absolute atomic E-state index is 13.0. The van der Waals surface area contributed by atoms with E-state index >= 15 is 0 Å². The van der Waals surface area contributed by atoms with Crippen molar-refractivity contribution in [3.63, 3.8) is 0 Å². The maximum atomic E-state index is 13.0. The number of nitrogens with zero attached hydrogens (tertiary/aromatic N) is 1. The highest BCUT2D eigenvalue weighted by Crippen LogP contribution is 2.28. The molecule has 0 atom stereocenters. The van der Waals surface area contributed by atoms with E-state index in [4.69, 9.17) is 0 Å². The first-order valence-electron chi connectivity index (χ1n) is 9.96. The van der Waals surface area contributed by atoms with E-state index in [9.17, 15) is 14.0 Å². The first kappa shape index (κ1) is 18.9. The SMILES string of the molecule is O=C(NCCCC1CCCC1)C1CCN(C(=O)c2ccc(F)cc2)CC1. The standard InChI is InChI=1S/C21H29FN2O2/c22-19-9-7-18(8-10-19)21(26)24-14-11-17(12-15-24)20(25)23-13-3-6-16-4-1-2-5-16/h7-10,16-17H,1-6,11-15H2,(H,23,25). The van der Waals surface area contributed by atoms with Crippen molar-refractivity contribution < 1.29 is 14.0 Å². The quantitative estimate of drug-likeness (QED) is 0.785. The second-order valence-corrected chi connectivity index (χ2v) is 7.66. The molecule has 5 heteroatoms. The van der Waals surface area contributed by atoms with Crippen molar-refractivity contribution in [2.75, 3.05) is 19.6 Å². The summed E-state index contributed by atoms with van der Waals surface area (Å²) in [6.45, 7) is 1.93. The fraction of sp³-hybridized carbons (Fsp3) is 0.619. The third kappa shape index (κ3) is 5.05. The van der Waals surface area contributed by atoms with Crippen LogP contribution >= 0.6 is 0 Å². The summed E-state index contributed by atoms with van der Waals surface area (Å²) in [7, 11) is 0. The molecule has 142 valence electrons. The van der Waals surface area contributed by atoms with Crippen LogP contribution in [0.5, 0.6) is 0 Å². The van der Waals surface area contributed by atoms with Gasteiger partial charge in [0.15, 0.2) is 0 Å². The van der Waals surface area contributed by atoms with Gasteiger partial charge >= 0.3 is 0 Å². The van der Waals surface area contributed by atoms with E-state index < -0.39 is 0 Å². The zero-order chi connectivity index (χ0) is 18.4. The molecule has 26 heavy (non-hydrogen) atoms. The Balaban J connectivity index is 1.36. The summed E-state index contributed by atoms with van der Waals surface area (Å²) in [6.07, 6.45) is 9.13. The van der Waals surface area contributed by atoms with Gasteiger partial charge in [0.25, 0.3) is 5.91 Å². The number of nitrogens with one attached hydrogen (secondary N) is 1. The van der Waals surface area contributed by atoms with Crippen LogP contribution in [0, 0.1) is 17.7 Å². The molecule has 1 aromatic carbocycles. The Bertz CT molecular complexity index is 603. The lowest BCUT2D eigenvalue weighted by molar-refractivity contribution is -0.126. The van der Waals surface area contributed by atoms with Gasteiger partial charge in [0.05, 0.1) is 0 Å². The molecule has 4 nitrogen and oxygen atoms in total. The topological polar surface area (TPSA) is 49.4 Å². The van der Waals surface area contributed by atoms with Crippen LogP contribution in [0.3, 0.4) is 0 Å². The number of carbonyl (C=O) groups excluding carboxylic acids is 2. The van der Waals surface area contributed by atoms with Crippen molar-refractivity contribution in [2.24, 2.45) is 11.8 Å². The van der Waals surface area contributed by atoms with Crippen LogP contribution in [-0.2, 0) is 4.79 Å². The number of rotatable bonds is 6. The molecule has 2 amide bonds. The Hall–Kier alpha value is -1.91. The Kier molecular flexibility index (Phi) is 6.64. The van der Waals surface area contributed by atoms with Crippen LogP contribution in [0.4, 0.5) is 4.39 Å². The summed E-state index contributed by atoms with van der Waals surface area (Å²) in [5, 5.41) is 3.07. The monoisotopic (exact) mass is 360 g/mol. The highest BCUT2D eigenvalue weighted by Gasteiger charge is 2.27. The van der Waals surface area contributed by atoms with Crippen molar-refractivity contribution in [1.82, 2.24) is 10.2 Å². The van der Waals surface area contributed by atoms with Crippen molar-refractivity contribution in [2.45, 2.75) is 51.4 Å². The molecule has 0 aromatic heterocycles. The zero-order valence-electron chi connectivity index (χ0n) is 15.4. The summed E-state index contributed by atoms with van der Waals surface area (Å²) < 4.78 is 13.0. The van der Waals surface area contributed by atoms with E-state index in [1.165, 1.54) is 56.4 Å². The van der Waals surface area contributed by atoms with Crippen LogP contribution in [0.15, 0.2) is 24.3 Å². The van der Waals surface area contributed by atoms with Gasteiger partial charge in [-0.3, -0.25) is 9.59 Å². The first-order chi connectivity index (χ1) is 12.6. The van der Waals surface area contributed by atoms with E-state index in [0.717, 1.165) is 18.9 Å². The minimum absolute atomic E-state index is 0.00116. The van der Waals surface area contributed by atoms with Gasteiger partial charge in [-0.1, -0.05) is 25.7 Å². The van der Waals surface area contributed by atoms with Crippen molar-refractivity contribution in [1.29, 1.82) is 0 Å². The summed E-state index contributed by atoms with van der Waals surface area (Å²) in [5.74, 6) is 0.571. The Morgan fingerprint density at radius 1 is 1.04 bits per heavy atom. The normalized spacial score (nSPS) is 18.9. The average Bonchev–Trinajstić information content (AvgIpc) is 3.19. The van der Waals surface area contributed by atoms with Gasteiger partial charge in [-0.25, -0.2) is 4.39 Å². The molecule has 2 aliphatic rings. The van der Waals surface area contributed by atoms with Gasteiger partial charge in [-0.2, -0.15) is 0 Å². The average molecular weight is 360 g/mol. The number of halogens is 1. The van der Waals surface area contributed by atoms with E-state index in [2.05, 4.69) is 5.32 Å². The molecule has 1 N–H and O–H groups in total. The Morgan fingerprint density at radius 3 is 2.35 bits per heavy atom. The molecule has 1 aromatic rings. The molecular formula is C21H29FN2O2. The van der Waals surface area contributed by atoms with Crippen LogP contribution < -0.4 is 5.32 Å². The molecule has 1 aliphatic carbocycles. The lowest BCUT2D eigenvalue weighted by Gasteiger charge is -2.31. The number of hydrogen-bond acceptors (Lipinski definition) is 2. The Morgan fingerprint density at radius 2 is 1.69 bits per heavy atom. The molecule has 1 saturated heterocycles. The first-order valence-corrected chi connectivity index (χ1v) is 9.96. The largest absolute Gasteiger partial charge is 0.356 e. The highest BCUT2D eigenvalue weighted by molar-refractivity contribution is 5.94. The third-order valence-electron chi connectivity index (χ3n) is 5.81. The summed E-state index contributed by atoms with van der Waals surface area (Å²) in [4.78, 5) is 26.5. The lowest BCUT2D eigenvalue weighted by atomic mass is 9.95. The smallest absolute Gasteiger partial charge is 0.253 e. The second-order valence-electron chi connectivity index (χ2n) is 7.66. The van der Waals surface area contributed by atoms with Crippen LogP contribution in [0.2, 0.25) is 0 Å². The molecule has 0 spiro atoms. The number of amides is 2. The van der Waals surface area contributed by atoms with Gasteiger partial charge in [-0.15, -0.1) is 0 Å². The molecule has 1 heterocycles. The van der Waals surface area contributed by atoms with E-state index in [0.29, 0.717) is 31.5 Å². The lowest BCUT2D eigenvalue weighted by Crippen LogP contribution is -2.43. The van der Waals surface area contributed by atoms with E-state index in [1.54, 1.807) is 4.90 Å². The van der Waals surface area contributed by atoms with Gasteiger partial charge in [0.1, 0.15) is 5.82 Å². The van der Waals surface area contributed by atoms with Crippen molar-refractivity contribution >= 4 is 11.8 Å². The molecule has 3 rings (SSSR count). The zero-order valence-corrected chi connectivity index (χ0v) is 15.4. The molecule has 1 aliphatic heterocycles. The number of carbonyl (C=O) groups is 2. The van der Waals surface area contributed by atoms with E-state index in [1.807, 2.05) is 0 Å². The minimum Gasteiger partial charge on any atom is -0.356 e. The van der Waals surface area contributed by atoms with Gasteiger partial charge in [0, 0.05) is 31.1 Å². The summed E-state index contributed by atoms with van der Waals surface area (Å²) >= 11 is 0. The van der Waals surface area contributed by atoms with Crippen LogP contribution in [-0.4, -0.2) is 36.3 Å². The van der Waals surface area contributed by atoms with Crippen molar-refractivity contribution in [3.8, 4) is 0 Å². The number of likely N-dealkylation sites (tertiary alicyclic amines) is 1. The predicted octanol–water partition coefficient (Wildman–Crippen LogP) is 3.76. The Labute approximate surface area is 155 Å². The molecule has 0 radical (unpaired) electrons. The highest BCUT2D eigenvalue weighted by atomic mass is 19.1. The fourth-order valence-corrected chi connectivity index (χ4v) is 4.17. The molecule has 2 fully saturated rings. The predicted molar refractivity (Wildman–Crippen MR) is 99.2 cm³/mol. The summed E-state index contributed by atoms with van der Waals surface area (Å²) in [5.41, 5.74) is 0.501. The molecule has 1 saturated carbocycles. The second kappa shape index (κ2) is 9.15. The molecule has 0 bridgehead atoms. The van der Waals surface area contributed by atoms with Crippen LogP contribution in [0.1, 0.15) is 61.7 Å².